The Balaban J connectivity index is 1.78. The van der Waals surface area contributed by atoms with Crippen molar-refractivity contribution in [1.29, 1.82) is 0 Å². The molecule has 1 atom stereocenters. The Labute approximate surface area is 109 Å². The first-order valence-corrected chi connectivity index (χ1v) is 6.87. The monoisotopic (exact) mass is 255 g/mol. The Morgan fingerprint density at radius 3 is 2.72 bits per heavy atom. The zero-order chi connectivity index (χ0) is 13.2. The largest absolute Gasteiger partial charge is 0.363 e. The van der Waals surface area contributed by atoms with Crippen molar-refractivity contribution < 1.29 is 9.53 Å². The van der Waals surface area contributed by atoms with E-state index in [9.17, 15) is 4.79 Å². The van der Waals surface area contributed by atoms with Crippen molar-refractivity contribution in [3.8, 4) is 0 Å². The van der Waals surface area contributed by atoms with Crippen molar-refractivity contribution in [1.82, 2.24) is 15.1 Å². The average Bonchev–Trinajstić information content (AvgIpc) is 2.34. The molecule has 1 N–H and O–H groups in total. The van der Waals surface area contributed by atoms with E-state index in [1.54, 1.807) is 0 Å². The first-order chi connectivity index (χ1) is 8.54. The fourth-order valence-corrected chi connectivity index (χ4v) is 2.52. The second-order valence-electron chi connectivity index (χ2n) is 5.72. The number of carbonyl (C=O) groups excluding carboxylic acids is 1. The second kappa shape index (κ2) is 5.55. The van der Waals surface area contributed by atoms with Gasteiger partial charge >= 0.3 is 0 Å². The SMILES string of the molecule is CCC1CN(C(=O)COC2(C)CNC2)CCN1C. The standard InChI is InChI=1S/C13H25N3O2/c1-4-11-7-16(6-5-15(11)3)12(17)8-18-13(2)9-14-10-13/h11,14H,4-10H2,1-3H3. The molecular formula is C13H25N3O2. The van der Waals surface area contributed by atoms with Gasteiger partial charge in [-0.1, -0.05) is 6.92 Å². The lowest BCUT2D eigenvalue weighted by Crippen LogP contribution is -2.60. The molecule has 2 saturated heterocycles. The predicted octanol–water partition coefficient (Wildman–Crippen LogP) is -0.0825. The molecule has 0 radical (unpaired) electrons. The summed E-state index contributed by atoms with van der Waals surface area (Å²) in [5.41, 5.74) is -0.133. The highest BCUT2D eigenvalue weighted by Crippen LogP contribution is 2.16. The highest BCUT2D eigenvalue weighted by Gasteiger charge is 2.34. The third-order valence-electron chi connectivity index (χ3n) is 4.14. The molecule has 2 fully saturated rings. The third kappa shape index (κ3) is 3.02. The quantitative estimate of drug-likeness (QED) is 0.763. The van der Waals surface area contributed by atoms with Crippen LogP contribution >= 0.6 is 0 Å². The van der Waals surface area contributed by atoms with Gasteiger partial charge in [0, 0.05) is 38.8 Å². The van der Waals surface area contributed by atoms with E-state index in [2.05, 4.69) is 31.1 Å². The van der Waals surface area contributed by atoms with Crippen LogP contribution in [0.4, 0.5) is 0 Å². The molecule has 0 aromatic rings. The van der Waals surface area contributed by atoms with E-state index < -0.39 is 0 Å². The summed E-state index contributed by atoms with van der Waals surface area (Å²) >= 11 is 0. The van der Waals surface area contributed by atoms with E-state index in [4.69, 9.17) is 4.74 Å². The normalized spacial score (nSPS) is 27.9. The van der Waals surface area contributed by atoms with E-state index in [1.165, 1.54) is 0 Å². The zero-order valence-corrected chi connectivity index (χ0v) is 11.7. The Morgan fingerprint density at radius 2 is 2.17 bits per heavy atom. The van der Waals surface area contributed by atoms with Crippen LogP contribution in [0.25, 0.3) is 0 Å². The first kappa shape index (κ1) is 13.8. The van der Waals surface area contributed by atoms with E-state index in [1.807, 2.05) is 4.90 Å². The van der Waals surface area contributed by atoms with E-state index in [0.29, 0.717) is 6.04 Å². The molecule has 5 nitrogen and oxygen atoms in total. The Bertz CT molecular complexity index is 305. The minimum atomic E-state index is -0.133. The lowest BCUT2D eigenvalue weighted by atomic mass is 10.0. The average molecular weight is 255 g/mol. The van der Waals surface area contributed by atoms with Crippen molar-refractivity contribution in [2.24, 2.45) is 0 Å². The van der Waals surface area contributed by atoms with Gasteiger partial charge in [0.15, 0.2) is 0 Å². The Hall–Kier alpha value is -0.650. The number of hydrogen-bond donors (Lipinski definition) is 1. The number of nitrogens with one attached hydrogen (secondary N) is 1. The van der Waals surface area contributed by atoms with Gasteiger partial charge in [0.25, 0.3) is 0 Å². The molecule has 1 amide bonds. The molecule has 0 aliphatic carbocycles. The van der Waals surface area contributed by atoms with Gasteiger partial charge in [0.2, 0.25) is 5.91 Å². The lowest BCUT2D eigenvalue weighted by molar-refractivity contribution is -0.148. The number of ether oxygens (including phenoxy) is 1. The summed E-state index contributed by atoms with van der Waals surface area (Å²) < 4.78 is 5.71. The molecule has 2 heterocycles. The topological polar surface area (TPSA) is 44.8 Å². The van der Waals surface area contributed by atoms with Crippen LogP contribution in [0.5, 0.6) is 0 Å². The van der Waals surface area contributed by atoms with E-state index in [-0.39, 0.29) is 18.1 Å². The highest BCUT2D eigenvalue weighted by atomic mass is 16.5. The van der Waals surface area contributed by atoms with Gasteiger partial charge in [0.1, 0.15) is 6.61 Å². The summed E-state index contributed by atoms with van der Waals surface area (Å²) in [6, 6.07) is 0.489. The predicted molar refractivity (Wildman–Crippen MR) is 70.5 cm³/mol. The maximum absolute atomic E-state index is 12.1. The van der Waals surface area contributed by atoms with Gasteiger partial charge in [-0.05, 0) is 20.4 Å². The van der Waals surface area contributed by atoms with Crippen LogP contribution in [0, 0.1) is 0 Å². The molecule has 2 aliphatic heterocycles. The third-order valence-corrected chi connectivity index (χ3v) is 4.14. The number of hydrogen-bond acceptors (Lipinski definition) is 4. The first-order valence-electron chi connectivity index (χ1n) is 6.87. The minimum absolute atomic E-state index is 0.133. The summed E-state index contributed by atoms with van der Waals surface area (Å²) in [5, 5.41) is 3.17. The van der Waals surface area contributed by atoms with Crippen LogP contribution in [0.2, 0.25) is 0 Å². The van der Waals surface area contributed by atoms with Crippen LogP contribution in [0.15, 0.2) is 0 Å². The molecule has 0 spiro atoms. The number of carbonyl (C=O) groups is 1. The van der Waals surface area contributed by atoms with Crippen molar-refractivity contribution in [2.45, 2.75) is 31.9 Å². The molecule has 0 saturated carbocycles. The second-order valence-corrected chi connectivity index (χ2v) is 5.72. The molecule has 2 rings (SSSR count). The zero-order valence-electron chi connectivity index (χ0n) is 11.7. The van der Waals surface area contributed by atoms with E-state index in [0.717, 1.165) is 39.1 Å². The summed E-state index contributed by atoms with van der Waals surface area (Å²) in [6.45, 7) is 8.76. The van der Waals surface area contributed by atoms with Crippen molar-refractivity contribution in [3.63, 3.8) is 0 Å². The maximum Gasteiger partial charge on any atom is 0.248 e. The maximum atomic E-state index is 12.1. The van der Waals surface area contributed by atoms with Crippen LogP contribution in [-0.4, -0.2) is 73.7 Å². The van der Waals surface area contributed by atoms with Crippen LogP contribution in [0.3, 0.4) is 0 Å². The van der Waals surface area contributed by atoms with Crippen LogP contribution < -0.4 is 5.32 Å². The molecule has 0 aromatic heterocycles. The van der Waals surface area contributed by atoms with Gasteiger partial charge in [-0.25, -0.2) is 0 Å². The molecule has 2 aliphatic rings. The smallest absolute Gasteiger partial charge is 0.248 e. The molecule has 5 heteroatoms. The molecule has 18 heavy (non-hydrogen) atoms. The number of likely N-dealkylation sites (N-methyl/N-ethyl adjacent to an activating group) is 1. The Kier molecular flexibility index (Phi) is 4.25. The fourth-order valence-electron chi connectivity index (χ4n) is 2.52. The van der Waals surface area contributed by atoms with Gasteiger partial charge in [-0.2, -0.15) is 0 Å². The minimum Gasteiger partial charge on any atom is -0.363 e. The van der Waals surface area contributed by atoms with Gasteiger partial charge < -0.3 is 15.0 Å². The van der Waals surface area contributed by atoms with E-state index >= 15 is 0 Å². The molecule has 104 valence electrons. The number of amides is 1. The summed E-state index contributed by atoms with van der Waals surface area (Å²) in [4.78, 5) is 16.4. The van der Waals surface area contributed by atoms with Gasteiger partial charge in [-0.15, -0.1) is 0 Å². The summed E-state index contributed by atoms with van der Waals surface area (Å²) in [6.07, 6.45) is 1.09. The number of rotatable bonds is 4. The molecule has 0 bridgehead atoms. The lowest BCUT2D eigenvalue weighted by Gasteiger charge is -2.41. The molecule has 1 unspecified atom stereocenters. The Morgan fingerprint density at radius 1 is 1.44 bits per heavy atom. The van der Waals surface area contributed by atoms with Crippen molar-refractivity contribution in [3.05, 3.63) is 0 Å². The number of piperazine rings is 1. The number of nitrogens with zero attached hydrogens (tertiary/aromatic N) is 2. The fraction of sp³-hybridized carbons (Fsp3) is 0.923. The van der Waals surface area contributed by atoms with Crippen molar-refractivity contribution in [2.75, 3.05) is 46.4 Å². The summed E-state index contributed by atoms with van der Waals surface area (Å²) in [7, 11) is 2.13. The molecular weight excluding hydrogens is 230 g/mol. The van der Waals surface area contributed by atoms with Gasteiger partial charge in [-0.3, -0.25) is 9.69 Å². The molecule has 0 aromatic carbocycles. The van der Waals surface area contributed by atoms with Gasteiger partial charge in [0.05, 0.1) is 5.60 Å². The highest BCUT2D eigenvalue weighted by molar-refractivity contribution is 5.77. The summed E-state index contributed by atoms with van der Waals surface area (Å²) in [5.74, 6) is 0.134. The van der Waals surface area contributed by atoms with Crippen molar-refractivity contribution >= 4 is 5.91 Å². The van der Waals surface area contributed by atoms with Crippen LogP contribution in [-0.2, 0) is 9.53 Å². The van der Waals surface area contributed by atoms with Crippen LogP contribution in [0.1, 0.15) is 20.3 Å².